The van der Waals surface area contributed by atoms with Gasteiger partial charge in [0.1, 0.15) is 0 Å². The summed E-state index contributed by atoms with van der Waals surface area (Å²) >= 11 is 15.8. The summed E-state index contributed by atoms with van der Waals surface area (Å²) in [5.41, 5.74) is 6.87. The van der Waals surface area contributed by atoms with Gasteiger partial charge < -0.3 is 0 Å². The molecule has 5 nitrogen and oxygen atoms in total. The van der Waals surface area contributed by atoms with Crippen molar-refractivity contribution in [3.63, 3.8) is 0 Å². The fourth-order valence-electron chi connectivity index (χ4n) is 7.83. The van der Waals surface area contributed by atoms with E-state index in [0.717, 1.165) is 43.0 Å². The number of nitriles is 1. The average molecular weight is 1130 g/mol. The predicted octanol–water partition coefficient (Wildman–Crippen LogP) is 19.7. The van der Waals surface area contributed by atoms with Crippen molar-refractivity contribution in [1.29, 1.82) is 5.26 Å². The summed E-state index contributed by atoms with van der Waals surface area (Å²) < 4.78 is 2.94. The molecule has 68 heavy (non-hydrogen) atoms. The minimum absolute atomic E-state index is 0.375. The van der Waals surface area contributed by atoms with Crippen LogP contribution in [0.4, 0.5) is 0 Å². The van der Waals surface area contributed by atoms with Gasteiger partial charge in [0, 0.05) is 35.7 Å². The Bertz CT molecular complexity index is 2320. The van der Waals surface area contributed by atoms with E-state index < -0.39 is 0 Å². The molecule has 1 aromatic heterocycles. The Morgan fingerprint density at radius 1 is 0.456 bits per heavy atom. The highest BCUT2D eigenvalue weighted by atomic mass is 79.9. The van der Waals surface area contributed by atoms with Gasteiger partial charge in [0.05, 0.1) is 11.6 Å². The van der Waals surface area contributed by atoms with Gasteiger partial charge in [-0.25, -0.2) is 15.0 Å². The number of aromatic nitrogens is 3. The van der Waals surface area contributed by atoms with Crippen LogP contribution in [-0.2, 0) is 12.8 Å². The molecular weight excluding hydrogens is 1060 g/mol. The second kappa shape index (κ2) is 34.3. The van der Waals surface area contributed by atoms with Gasteiger partial charge in [-0.2, -0.15) is 5.26 Å². The van der Waals surface area contributed by atoms with E-state index in [9.17, 15) is 4.79 Å². The lowest BCUT2D eigenvalue weighted by atomic mass is 10.0. The van der Waals surface area contributed by atoms with Crippen LogP contribution in [0.15, 0.2) is 135 Å². The zero-order valence-corrected chi connectivity index (χ0v) is 45.8. The van der Waals surface area contributed by atoms with Gasteiger partial charge in [0.15, 0.2) is 17.5 Å². The zero-order valence-electron chi connectivity index (χ0n) is 40.3. The van der Waals surface area contributed by atoms with Crippen molar-refractivity contribution in [3.05, 3.63) is 157 Å². The highest BCUT2D eigenvalue weighted by molar-refractivity contribution is 9.11. The molecule has 0 saturated heterocycles. The van der Waals surface area contributed by atoms with Crippen molar-refractivity contribution < 1.29 is 4.79 Å². The number of carbonyl (C=O) groups is 1. The van der Waals surface area contributed by atoms with Crippen LogP contribution in [0.5, 0.6) is 0 Å². The molecule has 0 aliphatic carbocycles. The van der Waals surface area contributed by atoms with Crippen LogP contribution in [0.1, 0.15) is 169 Å². The van der Waals surface area contributed by atoms with Gasteiger partial charge in [-0.15, -0.1) is 0 Å². The summed E-state index contributed by atoms with van der Waals surface area (Å²) in [6, 6.07) is 41.9. The number of carbonyl (C=O) groups excluding carboxylic acids is 1. The molecule has 9 heteroatoms. The van der Waals surface area contributed by atoms with Crippen molar-refractivity contribution in [3.8, 4) is 40.2 Å². The SMILES string of the molecule is CCCCCCCCCCCCc1ccc(-c2nc(-c3cccc(Br)c3)nc(-c3cccc(Br)c3)n2)cc1.CCCCCCCCCCCCc1ccc(C(=O)Cl)cc1.N#Cc1cccc(Br)c1. The van der Waals surface area contributed by atoms with E-state index in [1.807, 2.05) is 91.0 Å². The number of hydrogen-bond donors (Lipinski definition) is 0. The molecule has 0 aliphatic rings. The second-order valence-electron chi connectivity index (χ2n) is 17.5. The third-order valence-corrected chi connectivity index (χ3v) is 13.5. The number of halogens is 4. The standard InChI is InChI=1S/C33H37Br2N3.C19H29ClO.C7H4BrN/c1-2-3-4-5-6-7-8-9-10-11-14-25-19-21-26(22-20-25)31-36-32(27-15-12-17-29(34)23-27)38-33(37-31)28-16-13-18-30(35)24-28;1-2-3-4-5-6-7-8-9-10-11-12-17-13-15-18(16-14-17)19(20)21;8-7-3-1-2-6(4-7)5-9/h12-13,15-24H,2-11,14H2,1H3;13-16H,2-12H2,1H3;1-4H. The van der Waals surface area contributed by atoms with E-state index in [0.29, 0.717) is 28.6 Å². The maximum Gasteiger partial charge on any atom is 0.252 e. The van der Waals surface area contributed by atoms with E-state index in [1.165, 1.54) is 140 Å². The number of hydrogen-bond acceptors (Lipinski definition) is 5. The van der Waals surface area contributed by atoms with Gasteiger partial charge in [0.25, 0.3) is 5.24 Å². The predicted molar refractivity (Wildman–Crippen MR) is 298 cm³/mol. The molecule has 0 atom stereocenters. The van der Waals surface area contributed by atoms with Crippen LogP contribution in [-0.4, -0.2) is 20.2 Å². The van der Waals surface area contributed by atoms with Crippen molar-refractivity contribution in [2.45, 2.75) is 155 Å². The fraction of sp³-hybridized carbons (Fsp3) is 0.407. The number of rotatable bonds is 26. The Hall–Kier alpha value is -4.00. The number of benzene rings is 5. The monoisotopic (exact) mass is 1120 g/mol. The highest BCUT2D eigenvalue weighted by Gasteiger charge is 2.13. The van der Waals surface area contributed by atoms with Crippen molar-refractivity contribution in [2.24, 2.45) is 0 Å². The Labute approximate surface area is 438 Å². The van der Waals surface area contributed by atoms with E-state index in [4.69, 9.17) is 31.8 Å². The van der Waals surface area contributed by atoms with E-state index in [-0.39, 0.29) is 5.24 Å². The molecule has 0 saturated carbocycles. The van der Waals surface area contributed by atoms with E-state index in [1.54, 1.807) is 12.1 Å². The molecule has 6 rings (SSSR count). The largest absolute Gasteiger partial charge is 0.276 e. The van der Waals surface area contributed by atoms with Crippen molar-refractivity contribution >= 4 is 64.6 Å². The summed E-state index contributed by atoms with van der Waals surface area (Å²) in [7, 11) is 0. The zero-order chi connectivity index (χ0) is 48.6. The Morgan fingerprint density at radius 3 is 1.16 bits per heavy atom. The molecule has 5 aromatic carbocycles. The normalized spacial score (nSPS) is 10.7. The first-order chi connectivity index (χ1) is 33.2. The smallest absolute Gasteiger partial charge is 0.252 e. The first kappa shape index (κ1) is 56.6. The molecule has 0 N–H and O–H groups in total. The first-order valence-electron chi connectivity index (χ1n) is 25.0. The van der Waals surface area contributed by atoms with E-state index >= 15 is 0 Å². The lowest BCUT2D eigenvalue weighted by Gasteiger charge is -2.09. The fourth-order valence-corrected chi connectivity index (χ4v) is 9.16. The minimum atomic E-state index is -0.375. The van der Waals surface area contributed by atoms with Gasteiger partial charge in [-0.05, 0) is 103 Å². The van der Waals surface area contributed by atoms with Crippen LogP contribution >= 0.6 is 59.4 Å². The quantitative estimate of drug-likeness (QED) is 0.0399. The maximum absolute atomic E-state index is 11.0. The summed E-state index contributed by atoms with van der Waals surface area (Å²) in [5, 5.41) is 8.02. The number of unbranched alkanes of at least 4 members (excludes halogenated alkanes) is 18. The second-order valence-corrected chi connectivity index (χ2v) is 20.6. The molecule has 0 fully saturated rings. The van der Waals surface area contributed by atoms with Crippen LogP contribution in [0.25, 0.3) is 34.2 Å². The summed E-state index contributed by atoms with van der Waals surface area (Å²) in [5.74, 6) is 2.02. The minimum Gasteiger partial charge on any atom is -0.276 e. The molecule has 0 aliphatic heterocycles. The Balaban J connectivity index is 0.000000279. The third-order valence-electron chi connectivity index (χ3n) is 11.8. The summed E-state index contributed by atoms with van der Waals surface area (Å²) in [6.07, 6.45) is 29.5. The van der Waals surface area contributed by atoms with Gasteiger partial charge in [0.2, 0.25) is 0 Å². The molecular formula is C59H70Br3ClN4O. The highest BCUT2D eigenvalue weighted by Crippen LogP contribution is 2.28. The lowest BCUT2D eigenvalue weighted by Crippen LogP contribution is -2.00. The molecule has 0 unspecified atom stereocenters. The number of nitrogens with zero attached hydrogens (tertiary/aromatic N) is 4. The first-order valence-corrected chi connectivity index (χ1v) is 27.8. The van der Waals surface area contributed by atoms with Crippen molar-refractivity contribution in [1.82, 2.24) is 15.0 Å². The molecule has 0 radical (unpaired) electrons. The summed E-state index contributed by atoms with van der Waals surface area (Å²) in [4.78, 5) is 25.5. The topological polar surface area (TPSA) is 79.5 Å². The molecule has 0 spiro atoms. The number of aryl methyl sites for hydroxylation is 2. The third kappa shape index (κ3) is 23.1. The van der Waals surface area contributed by atoms with Gasteiger partial charge in [-0.3, -0.25) is 4.79 Å². The van der Waals surface area contributed by atoms with Crippen LogP contribution in [0.3, 0.4) is 0 Å². The average Bonchev–Trinajstić information content (AvgIpc) is 3.35. The van der Waals surface area contributed by atoms with Gasteiger partial charge in [-0.1, -0.05) is 244 Å². The van der Waals surface area contributed by atoms with Crippen LogP contribution in [0, 0.1) is 11.3 Å². The van der Waals surface area contributed by atoms with E-state index in [2.05, 4.69) is 85.9 Å². The molecule has 0 amide bonds. The van der Waals surface area contributed by atoms with Gasteiger partial charge >= 0.3 is 0 Å². The van der Waals surface area contributed by atoms with Crippen LogP contribution < -0.4 is 0 Å². The van der Waals surface area contributed by atoms with Crippen LogP contribution in [0.2, 0.25) is 0 Å². The molecule has 6 aromatic rings. The van der Waals surface area contributed by atoms with Crippen molar-refractivity contribution in [2.75, 3.05) is 0 Å². The maximum atomic E-state index is 11.0. The summed E-state index contributed by atoms with van der Waals surface area (Å²) in [6.45, 7) is 4.55. The molecule has 360 valence electrons. The molecule has 0 bridgehead atoms. The lowest BCUT2D eigenvalue weighted by molar-refractivity contribution is 0.108. The Kier molecular flexibility index (Phi) is 28.6. The molecule has 1 heterocycles. The Morgan fingerprint density at radius 2 is 0.809 bits per heavy atom.